The molecule has 0 saturated carbocycles. The van der Waals surface area contributed by atoms with Gasteiger partial charge < -0.3 is 10.6 Å². The van der Waals surface area contributed by atoms with Crippen LogP contribution in [0.4, 0.5) is 11.4 Å². The lowest BCUT2D eigenvalue weighted by molar-refractivity contribution is -0.117. The van der Waals surface area contributed by atoms with Crippen LogP contribution in [0.1, 0.15) is 12.8 Å². The zero-order valence-corrected chi connectivity index (χ0v) is 19.2. The predicted molar refractivity (Wildman–Crippen MR) is 121 cm³/mol. The minimum atomic E-state index is -3.61. The van der Waals surface area contributed by atoms with Crippen LogP contribution >= 0.6 is 0 Å². The van der Waals surface area contributed by atoms with Crippen LogP contribution in [-0.2, 0) is 24.5 Å². The van der Waals surface area contributed by atoms with Crippen molar-refractivity contribution in [3.05, 3.63) is 48.5 Å². The molecule has 0 spiro atoms. The molecule has 1 saturated heterocycles. The minimum Gasteiger partial charge on any atom is -0.381 e. The number of sulfone groups is 2. The Kier molecular flexibility index (Phi) is 7.03. The van der Waals surface area contributed by atoms with Crippen molar-refractivity contribution in [2.24, 2.45) is 0 Å². The van der Waals surface area contributed by atoms with E-state index < -0.39 is 19.7 Å². The standard InChI is InChI=1S/C21H27N3O5S2/c1-30(26,27)18-8-9-19(20(14-18)31(2,28)29)22-17-10-12-24(13-11-17)15-21(25)23-16-6-4-3-5-7-16/h3-9,14,17,22H,10-13,15H2,1-2H3,(H,23,25). The molecule has 0 aromatic heterocycles. The Labute approximate surface area is 183 Å². The highest BCUT2D eigenvalue weighted by Gasteiger charge is 2.24. The number of hydrogen-bond donors (Lipinski definition) is 2. The van der Waals surface area contributed by atoms with Crippen molar-refractivity contribution in [1.29, 1.82) is 0 Å². The van der Waals surface area contributed by atoms with Crippen LogP contribution < -0.4 is 10.6 Å². The van der Waals surface area contributed by atoms with Crippen LogP contribution in [0, 0.1) is 0 Å². The van der Waals surface area contributed by atoms with Crippen molar-refractivity contribution >= 4 is 37.0 Å². The quantitative estimate of drug-likeness (QED) is 0.643. The number of anilines is 2. The second kappa shape index (κ2) is 9.37. The van der Waals surface area contributed by atoms with Crippen LogP contribution in [0.2, 0.25) is 0 Å². The molecule has 0 unspecified atom stereocenters. The van der Waals surface area contributed by atoms with E-state index in [4.69, 9.17) is 0 Å². The molecular weight excluding hydrogens is 438 g/mol. The zero-order chi connectivity index (χ0) is 22.6. The summed E-state index contributed by atoms with van der Waals surface area (Å²) in [5.41, 5.74) is 1.16. The number of carbonyl (C=O) groups is 1. The second-order valence-electron chi connectivity index (χ2n) is 7.81. The van der Waals surface area contributed by atoms with Gasteiger partial charge in [0.25, 0.3) is 0 Å². The highest BCUT2D eigenvalue weighted by Crippen LogP contribution is 2.27. The maximum absolute atomic E-state index is 12.2. The van der Waals surface area contributed by atoms with E-state index >= 15 is 0 Å². The average Bonchev–Trinajstić information content (AvgIpc) is 2.69. The van der Waals surface area contributed by atoms with E-state index in [1.54, 1.807) is 0 Å². The van der Waals surface area contributed by atoms with E-state index in [1.165, 1.54) is 18.2 Å². The summed E-state index contributed by atoms with van der Waals surface area (Å²) in [6.07, 6.45) is 3.57. The van der Waals surface area contributed by atoms with E-state index in [2.05, 4.69) is 15.5 Å². The molecule has 1 fully saturated rings. The number of rotatable bonds is 7. The Hall–Kier alpha value is -2.43. The topological polar surface area (TPSA) is 113 Å². The number of hydrogen-bond acceptors (Lipinski definition) is 7. The van der Waals surface area contributed by atoms with E-state index in [9.17, 15) is 21.6 Å². The number of amides is 1. The van der Waals surface area contributed by atoms with Gasteiger partial charge >= 0.3 is 0 Å². The molecule has 8 nitrogen and oxygen atoms in total. The zero-order valence-electron chi connectivity index (χ0n) is 17.5. The molecule has 0 aliphatic carbocycles. The molecule has 0 radical (unpaired) electrons. The first-order valence-electron chi connectivity index (χ1n) is 9.90. The highest BCUT2D eigenvalue weighted by atomic mass is 32.2. The van der Waals surface area contributed by atoms with E-state index in [0.29, 0.717) is 25.3 Å². The van der Waals surface area contributed by atoms with Crippen LogP contribution in [0.5, 0.6) is 0 Å². The fourth-order valence-electron chi connectivity index (χ4n) is 3.54. The van der Waals surface area contributed by atoms with Gasteiger partial charge in [-0.1, -0.05) is 18.2 Å². The largest absolute Gasteiger partial charge is 0.381 e. The molecule has 168 valence electrons. The highest BCUT2D eigenvalue weighted by molar-refractivity contribution is 7.91. The van der Waals surface area contributed by atoms with Gasteiger partial charge in [-0.3, -0.25) is 9.69 Å². The smallest absolute Gasteiger partial charge is 0.238 e. The van der Waals surface area contributed by atoms with Gasteiger partial charge in [-0.05, 0) is 43.2 Å². The summed E-state index contributed by atoms with van der Waals surface area (Å²) in [6, 6.07) is 13.4. The SMILES string of the molecule is CS(=O)(=O)c1ccc(NC2CCN(CC(=O)Nc3ccccc3)CC2)c(S(C)(=O)=O)c1. The van der Waals surface area contributed by atoms with Gasteiger partial charge in [0.1, 0.15) is 0 Å². The van der Waals surface area contributed by atoms with Gasteiger partial charge in [0.15, 0.2) is 19.7 Å². The first-order valence-corrected chi connectivity index (χ1v) is 13.7. The molecule has 0 bridgehead atoms. The van der Waals surface area contributed by atoms with Gasteiger partial charge in [-0.25, -0.2) is 16.8 Å². The van der Waals surface area contributed by atoms with Crippen molar-refractivity contribution in [2.75, 3.05) is 42.8 Å². The molecule has 0 atom stereocenters. The van der Waals surface area contributed by atoms with Crippen LogP contribution in [0.25, 0.3) is 0 Å². The molecular formula is C21H27N3O5S2. The number of carbonyl (C=O) groups excluding carboxylic acids is 1. The molecule has 1 aliphatic rings. The summed E-state index contributed by atoms with van der Waals surface area (Å²) in [7, 11) is -7.13. The normalized spacial score (nSPS) is 16.1. The number of piperidine rings is 1. The fraction of sp³-hybridized carbons (Fsp3) is 0.381. The van der Waals surface area contributed by atoms with Crippen molar-refractivity contribution in [2.45, 2.75) is 28.7 Å². The van der Waals surface area contributed by atoms with Crippen LogP contribution in [-0.4, -0.2) is 65.8 Å². The summed E-state index contributed by atoms with van der Waals surface area (Å²) >= 11 is 0. The van der Waals surface area contributed by atoms with Crippen molar-refractivity contribution in [1.82, 2.24) is 4.90 Å². The molecule has 3 rings (SSSR count). The number of nitrogens with zero attached hydrogens (tertiary/aromatic N) is 1. The third kappa shape index (κ3) is 6.52. The van der Waals surface area contributed by atoms with Gasteiger partial charge in [0.05, 0.1) is 22.0 Å². The Balaban J connectivity index is 1.60. The van der Waals surface area contributed by atoms with Crippen molar-refractivity contribution in [3.63, 3.8) is 0 Å². The Morgan fingerprint density at radius 1 is 0.968 bits per heavy atom. The summed E-state index contributed by atoms with van der Waals surface area (Å²) in [6.45, 7) is 1.67. The minimum absolute atomic E-state index is 0.0259. The third-order valence-electron chi connectivity index (χ3n) is 5.15. The first-order chi connectivity index (χ1) is 14.5. The molecule has 2 aromatic carbocycles. The molecule has 31 heavy (non-hydrogen) atoms. The summed E-state index contributed by atoms with van der Waals surface area (Å²) < 4.78 is 48.0. The third-order valence-corrected chi connectivity index (χ3v) is 7.40. The van der Waals surface area contributed by atoms with Gasteiger partial charge in [0, 0.05) is 37.3 Å². The van der Waals surface area contributed by atoms with Crippen molar-refractivity contribution < 1.29 is 21.6 Å². The number of nitrogens with one attached hydrogen (secondary N) is 2. The summed E-state index contributed by atoms with van der Waals surface area (Å²) in [5, 5.41) is 6.12. The number of benzene rings is 2. The molecule has 1 amide bonds. The molecule has 1 heterocycles. The predicted octanol–water partition coefficient (Wildman–Crippen LogP) is 2.01. The first kappa shape index (κ1) is 23.2. The molecule has 2 N–H and O–H groups in total. The number of likely N-dealkylation sites (tertiary alicyclic amines) is 1. The van der Waals surface area contributed by atoms with E-state index in [1.807, 2.05) is 30.3 Å². The fourth-order valence-corrected chi connectivity index (χ4v) is 5.13. The van der Waals surface area contributed by atoms with Crippen LogP contribution in [0.15, 0.2) is 58.3 Å². The van der Waals surface area contributed by atoms with Crippen molar-refractivity contribution in [3.8, 4) is 0 Å². The van der Waals surface area contributed by atoms with Crippen LogP contribution in [0.3, 0.4) is 0 Å². The van der Waals surface area contributed by atoms with Gasteiger partial charge in [0.2, 0.25) is 5.91 Å². The van der Waals surface area contributed by atoms with E-state index in [0.717, 1.165) is 31.0 Å². The average molecular weight is 466 g/mol. The molecule has 1 aliphatic heterocycles. The molecule has 2 aromatic rings. The Bertz CT molecular complexity index is 1140. The summed E-state index contributed by atoms with van der Waals surface area (Å²) in [5.74, 6) is -0.0756. The Morgan fingerprint density at radius 2 is 1.61 bits per heavy atom. The Morgan fingerprint density at radius 3 is 2.19 bits per heavy atom. The maximum Gasteiger partial charge on any atom is 0.238 e. The van der Waals surface area contributed by atoms with E-state index in [-0.39, 0.29) is 21.7 Å². The lowest BCUT2D eigenvalue weighted by atomic mass is 10.0. The lowest BCUT2D eigenvalue weighted by Gasteiger charge is -2.32. The molecule has 10 heteroatoms. The monoisotopic (exact) mass is 465 g/mol. The second-order valence-corrected chi connectivity index (χ2v) is 11.8. The number of para-hydroxylation sites is 1. The van der Waals surface area contributed by atoms with Gasteiger partial charge in [-0.2, -0.15) is 0 Å². The summed E-state index contributed by atoms with van der Waals surface area (Å²) in [4.78, 5) is 14.2. The maximum atomic E-state index is 12.2. The van der Waals surface area contributed by atoms with Gasteiger partial charge in [-0.15, -0.1) is 0 Å². The lowest BCUT2D eigenvalue weighted by Crippen LogP contribution is -2.42.